The highest BCUT2D eigenvalue weighted by molar-refractivity contribution is 7.19. The highest BCUT2D eigenvalue weighted by Gasteiger charge is 2.44. The molecule has 0 saturated heterocycles. The van der Waals surface area contributed by atoms with Crippen LogP contribution in [0.2, 0.25) is 0 Å². The Bertz CT molecular complexity index is 3540. The van der Waals surface area contributed by atoms with Crippen LogP contribution in [-0.4, -0.2) is 17.2 Å². The lowest BCUT2D eigenvalue weighted by molar-refractivity contribution is 0.332. The summed E-state index contributed by atoms with van der Waals surface area (Å²) < 4.78 is 4.98. The average molecular weight is 853 g/mol. The molecular weight excluding hydrogens is 801 g/mol. The molecule has 11 aromatic rings. The molecule has 0 saturated carbocycles. The van der Waals surface area contributed by atoms with Crippen molar-refractivity contribution in [3.05, 3.63) is 230 Å². The Kier molecular flexibility index (Phi) is 9.05. The summed E-state index contributed by atoms with van der Waals surface area (Å²) in [6.07, 6.45) is 2.38. The minimum atomic E-state index is -2.84. The fraction of sp³-hybridized carbons (Fsp3) is 0.129. The van der Waals surface area contributed by atoms with Gasteiger partial charge in [0.1, 0.15) is 0 Å². The summed E-state index contributed by atoms with van der Waals surface area (Å²) in [5.41, 5.74) is 12.8. The largest absolute Gasteiger partial charge is 0.309 e. The predicted molar refractivity (Wildman–Crippen MR) is 279 cm³/mol. The van der Waals surface area contributed by atoms with Crippen LogP contribution in [-0.2, 0) is 10.8 Å². The lowest BCUT2D eigenvalue weighted by Gasteiger charge is -2.43. The van der Waals surface area contributed by atoms with E-state index < -0.39 is 8.07 Å². The van der Waals surface area contributed by atoms with Crippen molar-refractivity contribution >= 4 is 72.4 Å². The molecule has 0 fully saturated rings. The number of aromatic nitrogens is 2. The highest BCUT2D eigenvalue weighted by atomic mass is 28.3. The summed E-state index contributed by atoms with van der Waals surface area (Å²) in [6.45, 7) is 9.77. The van der Waals surface area contributed by atoms with E-state index in [0.29, 0.717) is 0 Å². The number of para-hydroxylation sites is 5. The SMILES string of the molecule is CC1(C)CCC(C)(C)c2cc([Si](c3ccccc3)(c3ccccc3)c3ccc(-n4c5ccccc5c5cccc(-c6cccc7c8ccccc8n(-c8ccccc8)c67)c54)cc3)ccc21. The summed E-state index contributed by atoms with van der Waals surface area (Å²) in [6, 6.07) is 82.5. The molecule has 0 radical (unpaired) electrons. The molecule has 0 atom stereocenters. The van der Waals surface area contributed by atoms with Crippen molar-refractivity contribution in [3.8, 4) is 22.5 Å². The van der Waals surface area contributed by atoms with E-state index in [4.69, 9.17) is 0 Å². The first kappa shape index (κ1) is 39.4. The van der Waals surface area contributed by atoms with E-state index in [0.717, 1.165) is 11.4 Å². The lowest BCUT2D eigenvalue weighted by atomic mass is 9.63. The molecule has 2 heterocycles. The zero-order chi connectivity index (χ0) is 43.9. The predicted octanol–water partition coefficient (Wildman–Crippen LogP) is 13.3. The Morgan fingerprint density at radius 3 is 1.26 bits per heavy atom. The first-order chi connectivity index (χ1) is 31.8. The Hall–Kier alpha value is -7.20. The fourth-order valence-corrected chi connectivity index (χ4v) is 16.4. The Morgan fingerprint density at radius 2 is 0.738 bits per heavy atom. The van der Waals surface area contributed by atoms with Crippen LogP contribution in [0.1, 0.15) is 51.7 Å². The van der Waals surface area contributed by atoms with Gasteiger partial charge in [0, 0.05) is 44.0 Å². The van der Waals surface area contributed by atoms with Crippen LogP contribution in [0.5, 0.6) is 0 Å². The maximum Gasteiger partial charge on any atom is 0.179 e. The van der Waals surface area contributed by atoms with E-state index in [2.05, 4.69) is 255 Å². The normalized spacial score (nSPS) is 14.6. The number of fused-ring (bicyclic) bond motifs is 7. The van der Waals surface area contributed by atoms with Gasteiger partial charge in [0.15, 0.2) is 8.07 Å². The Balaban J connectivity index is 1.12. The molecule has 2 nitrogen and oxygen atoms in total. The molecule has 2 aromatic heterocycles. The van der Waals surface area contributed by atoms with Crippen LogP contribution in [0.25, 0.3) is 66.1 Å². The van der Waals surface area contributed by atoms with Crippen LogP contribution in [0, 0.1) is 0 Å². The van der Waals surface area contributed by atoms with Crippen LogP contribution < -0.4 is 20.7 Å². The maximum absolute atomic E-state index is 2.84. The summed E-state index contributed by atoms with van der Waals surface area (Å²) in [7, 11) is -2.84. The van der Waals surface area contributed by atoms with Gasteiger partial charge in [-0.25, -0.2) is 0 Å². The van der Waals surface area contributed by atoms with Crippen molar-refractivity contribution < 1.29 is 0 Å². The first-order valence-corrected chi connectivity index (χ1v) is 25.2. The van der Waals surface area contributed by atoms with Gasteiger partial charge in [0.05, 0.1) is 22.1 Å². The fourth-order valence-electron chi connectivity index (χ4n) is 11.6. The van der Waals surface area contributed by atoms with E-state index in [1.807, 2.05) is 0 Å². The average Bonchev–Trinajstić information content (AvgIpc) is 3.88. The topological polar surface area (TPSA) is 9.86 Å². The van der Waals surface area contributed by atoms with E-state index in [-0.39, 0.29) is 10.8 Å². The lowest BCUT2D eigenvalue weighted by Crippen LogP contribution is -2.74. The zero-order valence-electron chi connectivity index (χ0n) is 37.6. The van der Waals surface area contributed by atoms with Gasteiger partial charge in [-0.1, -0.05) is 210 Å². The van der Waals surface area contributed by atoms with Gasteiger partial charge in [-0.2, -0.15) is 0 Å². The molecular formula is C62H52N2Si. The van der Waals surface area contributed by atoms with Crippen LogP contribution >= 0.6 is 0 Å². The van der Waals surface area contributed by atoms with E-state index in [9.17, 15) is 0 Å². The number of hydrogen-bond acceptors (Lipinski definition) is 0. The van der Waals surface area contributed by atoms with Gasteiger partial charge in [-0.05, 0) is 91.9 Å². The molecule has 1 aliphatic carbocycles. The van der Waals surface area contributed by atoms with Gasteiger partial charge in [0.2, 0.25) is 0 Å². The number of benzene rings is 9. The molecule has 9 aromatic carbocycles. The molecule has 65 heavy (non-hydrogen) atoms. The van der Waals surface area contributed by atoms with Gasteiger partial charge in [-0.15, -0.1) is 0 Å². The quantitative estimate of drug-likeness (QED) is 0.112. The van der Waals surface area contributed by atoms with Crippen LogP contribution in [0.3, 0.4) is 0 Å². The second kappa shape index (κ2) is 14.9. The Morgan fingerprint density at radius 1 is 0.338 bits per heavy atom. The van der Waals surface area contributed by atoms with Gasteiger partial charge in [0.25, 0.3) is 0 Å². The molecule has 0 amide bonds. The number of rotatable bonds is 7. The van der Waals surface area contributed by atoms with Crippen molar-refractivity contribution in [3.63, 3.8) is 0 Å². The van der Waals surface area contributed by atoms with Gasteiger partial charge >= 0.3 is 0 Å². The molecule has 0 bridgehead atoms. The molecule has 0 N–H and O–H groups in total. The third kappa shape index (κ3) is 5.99. The third-order valence-electron chi connectivity index (χ3n) is 15.0. The summed E-state index contributed by atoms with van der Waals surface area (Å²) in [4.78, 5) is 0. The monoisotopic (exact) mass is 852 g/mol. The van der Waals surface area contributed by atoms with Gasteiger partial charge < -0.3 is 9.13 Å². The summed E-state index contributed by atoms with van der Waals surface area (Å²) >= 11 is 0. The smallest absolute Gasteiger partial charge is 0.179 e. The second-order valence-corrected chi connectivity index (χ2v) is 23.3. The van der Waals surface area contributed by atoms with E-state index >= 15 is 0 Å². The third-order valence-corrected chi connectivity index (χ3v) is 19.7. The molecule has 0 aliphatic heterocycles. The molecule has 314 valence electrons. The minimum Gasteiger partial charge on any atom is -0.309 e. The number of nitrogens with zero attached hydrogens (tertiary/aromatic N) is 2. The molecule has 3 heteroatoms. The summed E-state index contributed by atoms with van der Waals surface area (Å²) in [5.74, 6) is 0. The minimum absolute atomic E-state index is 0.0896. The summed E-state index contributed by atoms with van der Waals surface area (Å²) in [5, 5.41) is 10.6. The molecule has 1 aliphatic rings. The van der Waals surface area contributed by atoms with Crippen molar-refractivity contribution in [2.45, 2.75) is 51.4 Å². The zero-order valence-corrected chi connectivity index (χ0v) is 38.6. The van der Waals surface area contributed by atoms with Crippen molar-refractivity contribution in [2.24, 2.45) is 0 Å². The van der Waals surface area contributed by atoms with Gasteiger partial charge in [-0.3, -0.25) is 0 Å². The maximum atomic E-state index is 2.63. The Labute approximate surface area is 383 Å². The second-order valence-electron chi connectivity index (χ2n) is 19.5. The van der Waals surface area contributed by atoms with Crippen LogP contribution in [0.15, 0.2) is 218 Å². The molecule has 0 spiro atoms. The van der Waals surface area contributed by atoms with Crippen molar-refractivity contribution in [2.75, 3.05) is 0 Å². The van der Waals surface area contributed by atoms with E-state index in [1.165, 1.54) is 99.5 Å². The molecule has 12 rings (SSSR count). The van der Waals surface area contributed by atoms with E-state index in [1.54, 1.807) is 0 Å². The standard InChI is InChI=1S/C62H52N2Si/c1-61(2)40-41-62(3,4)56-42-48(38-39-55(56)61)65(45-22-10-6-11-23-45,46-24-12-7-13-25-46)47-36-34-44(35-37-47)64-58-33-17-15-27-50(58)52-29-19-31-54(60(52)64)53-30-18-28-51-49-26-14-16-32-57(49)63(59(51)53)43-20-8-5-9-21-43/h5-39,42H,40-41H2,1-4H3. The van der Waals surface area contributed by atoms with Crippen LogP contribution in [0.4, 0.5) is 0 Å². The molecule has 0 unspecified atom stereocenters. The first-order valence-electron chi connectivity index (χ1n) is 23.2. The number of hydrogen-bond donors (Lipinski definition) is 0. The van der Waals surface area contributed by atoms with Crippen molar-refractivity contribution in [1.82, 2.24) is 9.13 Å². The highest BCUT2D eigenvalue weighted by Crippen LogP contribution is 2.46. The van der Waals surface area contributed by atoms with Crippen molar-refractivity contribution in [1.29, 1.82) is 0 Å².